The Morgan fingerprint density at radius 1 is 1.62 bits per heavy atom. The van der Waals surface area contributed by atoms with Gasteiger partial charge in [0.05, 0.1) is 0 Å². The molecule has 3 heteroatoms. The van der Waals surface area contributed by atoms with Crippen LogP contribution in [0.4, 0.5) is 0 Å². The third kappa shape index (κ3) is 5.69. The zero-order valence-electron chi connectivity index (χ0n) is 5.57. The Hall–Kier alpha value is -0.305. The summed E-state index contributed by atoms with van der Waals surface area (Å²) in [4.78, 5) is 0. The Morgan fingerprint density at radius 3 is 2.88 bits per heavy atom. The fourth-order valence-electron chi connectivity index (χ4n) is 0.378. The van der Waals surface area contributed by atoms with Crippen molar-refractivity contribution in [2.45, 2.75) is 6.92 Å². The van der Waals surface area contributed by atoms with Gasteiger partial charge in [-0.25, -0.2) is 0 Å². The van der Waals surface area contributed by atoms with Crippen molar-refractivity contribution in [2.75, 3.05) is 20.1 Å². The Morgan fingerprint density at radius 2 is 2.38 bits per heavy atom. The molecule has 0 saturated carbocycles. The number of rotatable bonds is 4. The van der Waals surface area contributed by atoms with Crippen LogP contribution >= 0.6 is 0 Å². The van der Waals surface area contributed by atoms with Gasteiger partial charge < -0.3 is 0 Å². The fourth-order valence-corrected chi connectivity index (χ4v) is 0.378. The number of hydrogen-bond donors (Lipinski definition) is 2. The predicted octanol–water partition coefficient (Wildman–Crippen LogP) is -0.763. The second kappa shape index (κ2) is 6.69. The van der Waals surface area contributed by atoms with Crippen molar-refractivity contribution in [2.24, 2.45) is 0 Å². The Labute approximate surface area is 51.6 Å². The van der Waals surface area contributed by atoms with Gasteiger partial charge >= 0.3 is 50.6 Å². The van der Waals surface area contributed by atoms with Crippen molar-refractivity contribution in [3.63, 3.8) is 0 Å². The van der Waals surface area contributed by atoms with Crippen molar-refractivity contribution >= 4 is 13.0 Å². The number of hydrogen-bond acceptors (Lipinski definition) is 2. The molecule has 46 valence electrons. The fraction of sp³-hybridized carbons (Fsp3) is 0.800. The molecule has 0 bridgehead atoms. The first kappa shape index (κ1) is 7.69. The molecule has 2 nitrogen and oxygen atoms in total. The van der Waals surface area contributed by atoms with Crippen molar-refractivity contribution < 1.29 is 0 Å². The van der Waals surface area contributed by atoms with E-state index in [1.54, 1.807) is 0 Å². The van der Waals surface area contributed by atoms with E-state index in [0.29, 0.717) is 0 Å². The molecule has 0 fully saturated rings. The average Bonchev–Trinajstić information content (AvgIpc) is 1.81. The molecule has 0 aromatic rings. The summed E-state index contributed by atoms with van der Waals surface area (Å²) >= 11 is 0. The third-order valence-electron chi connectivity index (χ3n) is 0.762. The van der Waals surface area contributed by atoms with E-state index in [-0.39, 0.29) is 0 Å². The molecule has 0 aromatic carbocycles. The van der Waals surface area contributed by atoms with Gasteiger partial charge in [0.15, 0.2) is 0 Å². The van der Waals surface area contributed by atoms with Crippen molar-refractivity contribution in [3.05, 3.63) is 0 Å². The van der Waals surface area contributed by atoms with E-state index in [2.05, 4.69) is 17.5 Å². The van der Waals surface area contributed by atoms with Crippen LogP contribution in [0, 0.1) is 0 Å². The van der Waals surface area contributed by atoms with E-state index >= 15 is 0 Å². The van der Waals surface area contributed by atoms with Gasteiger partial charge in [-0.2, -0.15) is 0 Å². The molecule has 0 aliphatic heterocycles. The Kier molecular flexibility index (Phi) is 6.44. The molecule has 0 saturated heterocycles. The Bertz CT molecular complexity index is 55.4. The van der Waals surface area contributed by atoms with Gasteiger partial charge in [-0.05, 0) is 0 Å². The minimum atomic E-state index is 0.938. The molecule has 0 atom stereocenters. The summed E-state index contributed by atoms with van der Waals surface area (Å²) in [5.41, 5.74) is 0. The maximum absolute atomic E-state index is 3.06. The molecule has 0 unspecified atom stereocenters. The zero-order valence-corrected chi connectivity index (χ0v) is 5.57. The van der Waals surface area contributed by atoms with Gasteiger partial charge in [-0.3, -0.25) is 0 Å². The van der Waals surface area contributed by atoms with Crippen LogP contribution in [0.5, 0.6) is 0 Å². The third-order valence-corrected chi connectivity index (χ3v) is 0.762. The molecule has 0 amide bonds. The molecule has 2 N–H and O–H groups in total. The number of nitrogens with one attached hydrogen (secondary N) is 2. The van der Waals surface area contributed by atoms with Gasteiger partial charge in [-0.15, -0.1) is 0 Å². The molecule has 0 spiro atoms. The van der Waals surface area contributed by atoms with E-state index < -0.39 is 0 Å². The van der Waals surface area contributed by atoms with Crippen molar-refractivity contribution in [3.8, 4) is 0 Å². The summed E-state index contributed by atoms with van der Waals surface area (Å²) in [6.07, 6.45) is 0. The molecule has 0 aliphatic rings. The molecule has 8 heavy (non-hydrogen) atoms. The summed E-state index contributed by atoms with van der Waals surface area (Å²) in [7, 11) is 3.88. The first-order valence-electron chi connectivity index (χ1n) is 2.94. The second-order valence-electron chi connectivity index (χ2n) is 1.52. The van der Waals surface area contributed by atoms with Crippen LogP contribution in [0.2, 0.25) is 0 Å². The van der Waals surface area contributed by atoms with Gasteiger partial charge in [0.2, 0.25) is 0 Å². The first-order chi connectivity index (χ1) is 3.91. The van der Waals surface area contributed by atoms with Crippen LogP contribution in [0.25, 0.3) is 0 Å². The second-order valence-corrected chi connectivity index (χ2v) is 1.52. The molecular weight excluding hydrogens is 98.9 g/mol. The van der Waals surface area contributed by atoms with Gasteiger partial charge in [-0.1, -0.05) is 0 Å². The molecule has 0 aliphatic carbocycles. The SMILES string of the molecule is CCNB=CCNC. The molecule has 0 rings (SSSR count). The monoisotopic (exact) mass is 112 g/mol. The molecule has 0 aromatic heterocycles. The zero-order chi connectivity index (χ0) is 6.24. The van der Waals surface area contributed by atoms with E-state index in [9.17, 15) is 0 Å². The van der Waals surface area contributed by atoms with E-state index in [1.807, 2.05) is 20.1 Å². The van der Waals surface area contributed by atoms with Crippen LogP contribution in [0.15, 0.2) is 0 Å². The van der Waals surface area contributed by atoms with E-state index in [1.165, 1.54) is 0 Å². The minimum absolute atomic E-state index is 0.938. The van der Waals surface area contributed by atoms with Crippen molar-refractivity contribution in [1.29, 1.82) is 0 Å². The van der Waals surface area contributed by atoms with Crippen LogP contribution < -0.4 is 10.5 Å². The van der Waals surface area contributed by atoms with Crippen LogP contribution in [-0.4, -0.2) is 33.2 Å². The summed E-state index contributed by atoms with van der Waals surface area (Å²) in [5, 5.41) is 6.06. The van der Waals surface area contributed by atoms with Gasteiger partial charge in [0, 0.05) is 0 Å². The topological polar surface area (TPSA) is 24.1 Å². The summed E-state index contributed by atoms with van der Waals surface area (Å²) in [5.74, 6) is 2.05. The van der Waals surface area contributed by atoms with E-state index in [4.69, 9.17) is 0 Å². The average molecular weight is 112 g/mol. The molecule has 0 radical (unpaired) electrons. The quantitative estimate of drug-likeness (QED) is 0.467. The molecule has 0 heterocycles. The summed E-state index contributed by atoms with van der Waals surface area (Å²) in [6, 6.07) is 0. The van der Waals surface area contributed by atoms with Crippen LogP contribution in [-0.2, 0) is 0 Å². The Balaban J connectivity index is 2.83. The normalized spacial score (nSPS) is 9.25. The standard InChI is InChI=1S/C5H13BN2/c1-3-8-6-4-5-7-2/h4,7-8H,3,5H2,1-2H3. The van der Waals surface area contributed by atoms with Crippen molar-refractivity contribution in [1.82, 2.24) is 10.5 Å². The van der Waals surface area contributed by atoms with E-state index in [0.717, 1.165) is 13.1 Å². The maximum atomic E-state index is 3.06. The van der Waals surface area contributed by atoms with Crippen LogP contribution in [0.1, 0.15) is 6.92 Å². The first-order valence-corrected chi connectivity index (χ1v) is 2.94. The summed E-state index contributed by atoms with van der Waals surface area (Å²) < 4.78 is 0. The predicted molar refractivity (Wildman–Crippen MR) is 39.4 cm³/mol. The molecular formula is C5H13BN2. The van der Waals surface area contributed by atoms with Gasteiger partial charge in [0.1, 0.15) is 0 Å². The van der Waals surface area contributed by atoms with Gasteiger partial charge in [0.25, 0.3) is 0 Å². The summed E-state index contributed by atoms with van der Waals surface area (Å²) in [6.45, 7) is 4.01. The van der Waals surface area contributed by atoms with Crippen LogP contribution in [0.3, 0.4) is 0 Å².